The van der Waals surface area contributed by atoms with Crippen molar-refractivity contribution in [2.75, 3.05) is 58.4 Å². The fourth-order valence-electron chi connectivity index (χ4n) is 5.44. The van der Waals surface area contributed by atoms with Gasteiger partial charge in [0.05, 0.1) is 29.3 Å². The molecule has 2 aromatic rings. The standard InChI is InChI=1S/C27H34F3N5O4S/c1-18-16-22(31-24(23(18)28)35-12-8-27(29,30)9-13-35)32-25(37)20-3-2-19(33-40(38,39)15-14-36)17-21(20)34-10-6-26(4-5-26)7-11-34/h2-3,16-17,33,36H,4-15H2,1H3,(H,31,32,37). The third kappa shape index (κ3) is 6.30. The van der Waals surface area contributed by atoms with Gasteiger partial charge in [-0.05, 0) is 67.9 Å². The maximum Gasteiger partial charge on any atom is 0.258 e. The number of aliphatic hydroxyl groups is 1. The molecule has 40 heavy (non-hydrogen) atoms. The van der Waals surface area contributed by atoms with Gasteiger partial charge in [-0.2, -0.15) is 0 Å². The van der Waals surface area contributed by atoms with Crippen LogP contribution < -0.4 is 19.8 Å². The Kier molecular flexibility index (Phi) is 7.64. The average molecular weight is 582 g/mol. The smallest absolute Gasteiger partial charge is 0.258 e. The molecule has 3 fully saturated rings. The number of halogens is 3. The minimum atomic E-state index is -3.77. The molecule has 3 heterocycles. The maximum atomic E-state index is 14.9. The number of aromatic nitrogens is 1. The number of alkyl halides is 2. The molecule has 3 N–H and O–H groups in total. The zero-order valence-corrected chi connectivity index (χ0v) is 23.2. The zero-order valence-electron chi connectivity index (χ0n) is 22.4. The summed E-state index contributed by atoms with van der Waals surface area (Å²) in [6, 6.07) is 6.00. The molecular formula is C27H34F3N5O4S. The third-order valence-electron chi connectivity index (χ3n) is 8.16. The van der Waals surface area contributed by atoms with Gasteiger partial charge in [0, 0.05) is 39.0 Å². The van der Waals surface area contributed by atoms with E-state index in [-0.39, 0.29) is 36.0 Å². The average Bonchev–Trinajstić information content (AvgIpc) is 3.65. The lowest BCUT2D eigenvalue weighted by atomic mass is 9.93. The van der Waals surface area contributed by atoms with Crippen LogP contribution in [0.3, 0.4) is 0 Å². The van der Waals surface area contributed by atoms with Crippen LogP contribution in [0, 0.1) is 18.2 Å². The fraction of sp³-hybridized carbons (Fsp3) is 0.556. The number of amides is 1. The number of hydrogen-bond donors (Lipinski definition) is 3. The minimum Gasteiger partial charge on any atom is -0.395 e. The van der Waals surface area contributed by atoms with Gasteiger partial charge in [-0.25, -0.2) is 26.6 Å². The van der Waals surface area contributed by atoms with Gasteiger partial charge < -0.3 is 20.2 Å². The topological polar surface area (TPSA) is 115 Å². The summed E-state index contributed by atoms with van der Waals surface area (Å²) >= 11 is 0. The summed E-state index contributed by atoms with van der Waals surface area (Å²) < 4.78 is 69.2. The predicted molar refractivity (Wildman–Crippen MR) is 147 cm³/mol. The second-order valence-electron chi connectivity index (χ2n) is 11.1. The lowest BCUT2D eigenvalue weighted by molar-refractivity contribution is -0.0222. The molecule has 0 unspecified atom stereocenters. The number of carbonyl (C=O) groups excluding carboxylic acids is 1. The molecule has 1 aliphatic carbocycles. The molecule has 0 atom stereocenters. The molecular weight excluding hydrogens is 547 g/mol. The van der Waals surface area contributed by atoms with Crippen LogP contribution in [0.4, 0.5) is 36.2 Å². The summed E-state index contributed by atoms with van der Waals surface area (Å²) in [4.78, 5) is 21.3. The van der Waals surface area contributed by atoms with Crippen molar-refractivity contribution in [2.24, 2.45) is 5.41 Å². The zero-order chi connectivity index (χ0) is 28.7. The summed E-state index contributed by atoms with van der Waals surface area (Å²) in [5.74, 6) is -4.37. The highest BCUT2D eigenvalue weighted by molar-refractivity contribution is 7.92. The highest BCUT2D eigenvalue weighted by atomic mass is 32.2. The van der Waals surface area contributed by atoms with E-state index in [1.807, 2.05) is 0 Å². The van der Waals surface area contributed by atoms with E-state index in [1.54, 1.807) is 6.07 Å². The Hall–Kier alpha value is -3.06. The van der Waals surface area contributed by atoms with Gasteiger partial charge in [0.25, 0.3) is 11.8 Å². The Morgan fingerprint density at radius 2 is 1.68 bits per heavy atom. The van der Waals surface area contributed by atoms with Gasteiger partial charge in [0.15, 0.2) is 11.6 Å². The summed E-state index contributed by atoms with van der Waals surface area (Å²) in [6.07, 6.45) is 3.54. The van der Waals surface area contributed by atoms with Crippen LogP contribution in [-0.4, -0.2) is 68.9 Å². The summed E-state index contributed by atoms with van der Waals surface area (Å²) in [5, 5.41) is 11.8. The summed E-state index contributed by atoms with van der Waals surface area (Å²) in [7, 11) is -3.77. The van der Waals surface area contributed by atoms with Gasteiger partial charge in [-0.3, -0.25) is 9.52 Å². The van der Waals surface area contributed by atoms with E-state index in [9.17, 15) is 26.4 Å². The minimum absolute atomic E-state index is 0.0536. The normalized spacial score (nSPS) is 19.9. The van der Waals surface area contributed by atoms with E-state index in [1.165, 1.54) is 42.9 Å². The Morgan fingerprint density at radius 1 is 1.02 bits per heavy atom. The molecule has 3 aliphatic rings. The van der Waals surface area contributed by atoms with Crippen molar-refractivity contribution in [2.45, 2.75) is 51.4 Å². The Balaban J connectivity index is 1.41. The number of piperidine rings is 2. The molecule has 2 saturated heterocycles. The van der Waals surface area contributed by atoms with Crippen molar-refractivity contribution in [3.05, 3.63) is 41.2 Å². The van der Waals surface area contributed by atoms with Crippen molar-refractivity contribution in [1.82, 2.24) is 4.98 Å². The number of aliphatic hydroxyl groups excluding tert-OH is 1. The van der Waals surface area contributed by atoms with E-state index in [2.05, 4.69) is 19.9 Å². The monoisotopic (exact) mass is 581 g/mol. The van der Waals surface area contributed by atoms with Crippen LogP contribution in [0.1, 0.15) is 54.4 Å². The molecule has 5 rings (SSSR count). The van der Waals surface area contributed by atoms with Gasteiger partial charge in [-0.15, -0.1) is 0 Å². The molecule has 2 aliphatic heterocycles. The first-order valence-corrected chi connectivity index (χ1v) is 15.2. The predicted octanol–water partition coefficient (Wildman–Crippen LogP) is 4.13. The number of rotatable bonds is 8. The van der Waals surface area contributed by atoms with Crippen molar-refractivity contribution >= 4 is 38.9 Å². The number of hydrogen-bond acceptors (Lipinski definition) is 7. The van der Waals surface area contributed by atoms with Gasteiger partial charge in [0.1, 0.15) is 5.82 Å². The first kappa shape index (κ1) is 28.5. The van der Waals surface area contributed by atoms with Gasteiger partial charge in [0.2, 0.25) is 10.0 Å². The highest BCUT2D eigenvalue weighted by Gasteiger charge is 2.44. The largest absolute Gasteiger partial charge is 0.395 e. The lowest BCUT2D eigenvalue weighted by Gasteiger charge is -2.35. The van der Waals surface area contributed by atoms with Crippen LogP contribution >= 0.6 is 0 Å². The molecule has 13 heteroatoms. The summed E-state index contributed by atoms with van der Waals surface area (Å²) in [5.41, 5.74) is 1.71. The molecule has 1 saturated carbocycles. The number of anilines is 4. The lowest BCUT2D eigenvalue weighted by Crippen LogP contribution is -2.40. The van der Waals surface area contributed by atoms with E-state index in [0.29, 0.717) is 29.8 Å². The van der Waals surface area contributed by atoms with E-state index in [0.717, 1.165) is 12.8 Å². The van der Waals surface area contributed by atoms with E-state index in [4.69, 9.17) is 5.11 Å². The Morgan fingerprint density at radius 3 is 2.30 bits per heavy atom. The van der Waals surface area contributed by atoms with Crippen molar-refractivity contribution < 1.29 is 31.5 Å². The number of carbonyl (C=O) groups is 1. The van der Waals surface area contributed by atoms with Crippen molar-refractivity contribution in [1.29, 1.82) is 0 Å². The molecule has 1 amide bonds. The highest BCUT2D eigenvalue weighted by Crippen LogP contribution is 2.54. The molecule has 9 nitrogen and oxygen atoms in total. The summed E-state index contributed by atoms with van der Waals surface area (Å²) in [6.45, 7) is 2.32. The number of benzene rings is 1. The number of aryl methyl sites for hydroxylation is 1. The number of pyridine rings is 1. The SMILES string of the molecule is Cc1cc(NC(=O)c2ccc(NS(=O)(=O)CCO)cc2N2CCC3(CC2)CC3)nc(N2CCC(F)(F)CC2)c1F. The van der Waals surface area contributed by atoms with Crippen molar-refractivity contribution in [3.8, 4) is 0 Å². The molecule has 0 bridgehead atoms. The molecule has 1 spiro atoms. The molecule has 1 aromatic heterocycles. The first-order chi connectivity index (χ1) is 18.9. The van der Waals surface area contributed by atoms with Crippen molar-refractivity contribution in [3.63, 3.8) is 0 Å². The third-order valence-corrected chi connectivity index (χ3v) is 9.42. The van der Waals surface area contributed by atoms with E-state index >= 15 is 0 Å². The number of sulfonamides is 1. The maximum absolute atomic E-state index is 14.9. The number of nitrogens with one attached hydrogen (secondary N) is 2. The Bertz CT molecular complexity index is 1380. The fourth-order valence-corrected chi connectivity index (χ4v) is 6.27. The molecule has 1 aromatic carbocycles. The van der Waals surface area contributed by atoms with Crippen LogP contribution in [0.15, 0.2) is 24.3 Å². The van der Waals surface area contributed by atoms with E-state index < -0.39 is 52.9 Å². The van der Waals surface area contributed by atoms with Crippen LogP contribution in [-0.2, 0) is 10.0 Å². The quantitative estimate of drug-likeness (QED) is 0.430. The van der Waals surface area contributed by atoms with Gasteiger partial charge >= 0.3 is 0 Å². The second kappa shape index (κ2) is 10.7. The van der Waals surface area contributed by atoms with Crippen LogP contribution in [0.5, 0.6) is 0 Å². The van der Waals surface area contributed by atoms with Gasteiger partial charge in [-0.1, -0.05) is 0 Å². The Labute approximate surface area is 231 Å². The second-order valence-corrected chi connectivity index (χ2v) is 13.0. The molecule has 218 valence electrons. The van der Waals surface area contributed by atoms with Crippen LogP contribution in [0.2, 0.25) is 0 Å². The first-order valence-electron chi connectivity index (χ1n) is 13.5. The number of nitrogens with zero attached hydrogens (tertiary/aromatic N) is 3. The van der Waals surface area contributed by atoms with Crippen LogP contribution in [0.25, 0.3) is 0 Å². The molecule has 0 radical (unpaired) electrons.